The Hall–Kier alpha value is -0.910. The van der Waals surface area contributed by atoms with E-state index in [4.69, 9.17) is 9.47 Å². The first-order chi connectivity index (χ1) is 11.2. The van der Waals surface area contributed by atoms with Gasteiger partial charge in [0.1, 0.15) is 0 Å². The second kappa shape index (κ2) is 3.26. The average Bonchev–Trinajstić information content (AvgIpc) is 3.11. The molecule has 1 heterocycles. The van der Waals surface area contributed by atoms with E-state index in [-0.39, 0.29) is 9.74 Å². The van der Waals surface area contributed by atoms with Crippen LogP contribution in [0.2, 0.25) is 0 Å². The highest BCUT2D eigenvalue weighted by molar-refractivity contribution is 9.10. The predicted octanol–water partition coefficient (Wildman–Crippen LogP) is 2.49. The third-order valence-corrected chi connectivity index (χ3v) is 9.80. The second-order valence-electron chi connectivity index (χ2n) is 8.03. The Bertz CT molecular complexity index is 767. The van der Waals surface area contributed by atoms with E-state index in [1.807, 2.05) is 18.2 Å². The van der Waals surface area contributed by atoms with Crippen LogP contribution >= 0.6 is 15.9 Å². The highest BCUT2D eigenvalue weighted by Gasteiger charge is 3.09. The van der Waals surface area contributed by atoms with Crippen LogP contribution in [0.4, 0.5) is 0 Å². The molecule has 2 bridgehead atoms. The van der Waals surface area contributed by atoms with Crippen LogP contribution in [0.15, 0.2) is 35.5 Å². The Morgan fingerprint density at radius 1 is 1.00 bits per heavy atom. The number of alkyl halides is 1. The predicted molar refractivity (Wildman–Crippen MR) is 84.4 cm³/mol. The van der Waals surface area contributed by atoms with Gasteiger partial charge >= 0.3 is 0 Å². The summed E-state index contributed by atoms with van der Waals surface area (Å²) in [7, 11) is 0. The zero-order valence-corrected chi connectivity index (χ0v) is 13.9. The van der Waals surface area contributed by atoms with Crippen LogP contribution in [0.25, 0.3) is 0 Å². The van der Waals surface area contributed by atoms with Crippen molar-refractivity contribution in [3.63, 3.8) is 0 Å². The molecule has 7 fully saturated rings. The molecule has 23 heavy (non-hydrogen) atoms. The zero-order chi connectivity index (χ0) is 15.2. The Morgan fingerprint density at radius 2 is 1.61 bits per heavy atom. The lowest BCUT2D eigenvalue weighted by Crippen LogP contribution is -2.94. The summed E-state index contributed by atoms with van der Waals surface area (Å²) in [4.78, 5) is 0. The van der Waals surface area contributed by atoms with Gasteiger partial charge in [0.15, 0.2) is 5.79 Å². The normalized spacial score (nSPS) is 58.2. The molecule has 1 spiro atoms. The Balaban J connectivity index is 1.37. The summed E-state index contributed by atoms with van der Waals surface area (Å²) in [6.45, 7) is 1.42. The van der Waals surface area contributed by atoms with E-state index in [2.05, 4.69) is 33.2 Å². The van der Waals surface area contributed by atoms with Gasteiger partial charge in [0.2, 0.25) is 0 Å². The van der Waals surface area contributed by atoms with E-state index in [9.17, 15) is 5.21 Å². The number of oxime groups is 1. The van der Waals surface area contributed by atoms with Crippen molar-refractivity contribution in [2.45, 2.75) is 10.1 Å². The van der Waals surface area contributed by atoms with Crippen molar-refractivity contribution in [1.29, 1.82) is 0 Å². The third kappa shape index (κ3) is 0.815. The maximum atomic E-state index is 9.81. The Morgan fingerprint density at radius 3 is 2.22 bits per heavy atom. The van der Waals surface area contributed by atoms with Crippen molar-refractivity contribution in [1.82, 2.24) is 0 Å². The average molecular weight is 374 g/mol. The number of nitrogens with zero attached hydrogens (tertiary/aromatic N) is 1. The zero-order valence-electron chi connectivity index (χ0n) is 12.4. The summed E-state index contributed by atoms with van der Waals surface area (Å²) in [5.74, 6) is 3.07. The van der Waals surface area contributed by atoms with Gasteiger partial charge < -0.3 is 14.7 Å². The SMILES string of the molecule is ON=C(c1ccccc1)C12C3[C@@H]4[C@H]1C1[C@@H]2[C@H]3C4(Br)C12OCCO2. The van der Waals surface area contributed by atoms with E-state index in [1.165, 1.54) is 0 Å². The van der Waals surface area contributed by atoms with Crippen molar-refractivity contribution in [2.24, 2.45) is 46.1 Å². The lowest BCUT2D eigenvalue weighted by Gasteiger charge is -2.91. The molecule has 1 aliphatic heterocycles. The van der Waals surface area contributed by atoms with Gasteiger partial charge in [-0.15, -0.1) is 0 Å². The number of rotatable bonds is 2. The third-order valence-electron chi connectivity index (χ3n) is 8.19. The molecule has 4 unspecified atom stereocenters. The fraction of sp³-hybridized carbons (Fsp3) is 0.611. The summed E-state index contributed by atoms with van der Waals surface area (Å²) >= 11 is 4.07. The lowest BCUT2D eigenvalue weighted by atomic mass is 9.12. The summed E-state index contributed by atoms with van der Waals surface area (Å²) < 4.78 is 12.4. The Kier molecular flexibility index (Phi) is 1.77. The number of halogens is 1. The van der Waals surface area contributed by atoms with Gasteiger partial charge in [-0.05, 0) is 35.2 Å². The van der Waals surface area contributed by atoms with E-state index in [1.54, 1.807) is 0 Å². The summed E-state index contributed by atoms with van der Waals surface area (Å²) in [5, 5.41) is 13.6. The number of ether oxygens (including phenoxy) is 2. The maximum absolute atomic E-state index is 9.81. The molecule has 7 aliphatic rings. The van der Waals surface area contributed by atoms with Crippen LogP contribution in [-0.4, -0.2) is 34.2 Å². The molecule has 6 aliphatic carbocycles. The van der Waals surface area contributed by atoms with Gasteiger partial charge in [0, 0.05) is 11.3 Å². The first-order valence-corrected chi connectivity index (χ1v) is 9.28. The standard InChI is InChI=1S/C18H16BrNO3/c19-17-12-9-13(17)11-14(18(17)22-6-7-23-18)10(12)16(9,11)15(20-21)8-4-2-1-3-5-8/h1-5,9-14,21H,6-7H2/t9?,10-,11-,12-,13+,14?,16?,17?/m0/s1. The smallest absolute Gasteiger partial charge is 0.187 e. The van der Waals surface area contributed by atoms with E-state index < -0.39 is 5.79 Å². The molecule has 1 N–H and O–H groups in total. The minimum absolute atomic E-state index is 0.0279. The fourth-order valence-corrected chi connectivity index (χ4v) is 9.71. The summed E-state index contributed by atoms with van der Waals surface area (Å²) in [6, 6.07) is 10.2. The molecule has 1 aromatic rings. The van der Waals surface area contributed by atoms with Crippen LogP contribution in [0.1, 0.15) is 5.56 Å². The van der Waals surface area contributed by atoms with E-state index >= 15 is 0 Å². The summed E-state index contributed by atoms with van der Waals surface area (Å²) in [5.41, 5.74) is 2.06. The van der Waals surface area contributed by atoms with Gasteiger partial charge in [-0.3, -0.25) is 0 Å². The molecule has 0 aromatic heterocycles. The quantitative estimate of drug-likeness (QED) is 0.375. The van der Waals surface area contributed by atoms with Crippen LogP contribution < -0.4 is 0 Å². The van der Waals surface area contributed by atoms with Crippen molar-refractivity contribution in [2.75, 3.05) is 13.2 Å². The van der Waals surface area contributed by atoms with Gasteiger partial charge in [-0.2, -0.15) is 0 Å². The molecule has 5 heteroatoms. The first kappa shape index (κ1) is 12.5. The number of hydrogen-bond donors (Lipinski definition) is 1. The second-order valence-corrected chi connectivity index (χ2v) is 9.35. The highest BCUT2D eigenvalue weighted by atomic mass is 79.9. The molecule has 118 valence electrons. The van der Waals surface area contributed by atoms with Crippen LogP contribution in [-0.2, 0) is 9.47 Å². The van der Waals surface area contributed by atoms with Crippen molar-refractivity contribution < 1.29 is 14.7 Å². The number of benzene rings is 1. The van der Waals surface area contributed by atoms with Gasteiger partial charge in [0.05, 0.1) is 23.2 Å². The molecule has 1 aromatic carbocycles. The molecule has 6 saturated carbocycles. The molecule has 4 nitrogen and oxygen atoms in total. The lowest BCUT2D eigenvalue weighted by molar-refractivity contribution is -0.404. The highest BCUT2D eigenvalue weighted by Crippen LogP contribution is 3.05. The number of hydrogen-bond acceptors (Lipinski definition) is 4. The van der Waals surface area contributed by atoms with Crippen molar-refractivity contribution >= 4 is 21.6 Å². The fourth-order valence-electron chi connectivity index (χ4n) is 8.08. The van der Waals surface area contributed by atoms with Crippen LogP contribution in [0, 0.1) is 40.9 Å². The molecular weight excluding hydrogens is 358 g/mol. The first-order valence-electron chi connectivity index (χ1n) is 8.49. The topological polar surface area (TPSA) is 51.1 Å². The van der Waals surface area contributed by atoms with Crippen molar-refractivity contribution in [3.8, 4) is 0 Å². The maximum Gasteiger partial charge on any atom is 0.187 e. The van der Waals surface area contributed by atoms with Crippen molar-refractivity contribution in [3.05, 3.63) is 35.9 Å². The largest absolute Gasteiger partial charge is 0.411 e. The van der Waals surface area contributed by atoms with Gasteiger partial charge in [-0.25, -0.2) is 0 Å². The minimum Gasteiger partial charge on any atom is -0.411 e. The Labute approximate surface area is 142 Å². The molecule has 8 atom stereocenters. The van der Waals surface area contributed by atoms with E-state index in [0.29, 0.717) is 48.7 Å². The van der Waals surface area contributed by atoms with Crippen LogP contribution in [0.3, 0.4) is 0 Å². The minimum atomic E-state index is -0.397. The molecule has 1 saturated heterocycles. The molecule has 8 rings (SSSR count). The van der Waals surface area contributed by atoms with E-state index in [0.717, 1.165) is 11.3 Å². The summed E-state index contributed by atoms with van der Waals surface area (Å²) in [6.07, 6.45) is 0. The monoisotopic (exact) mass is 373 g/mol. The van der Waals surface area contributed by atoms with Gasteiger partial charge in [0.25, 0.3) is 0 Å². The van der Waals surface area contributed by atoms with Crippen LogP contribution in [0.5, 0.6) is 0 Å². The molecule has 0 radical (unpaired) electrons. The van der Waals surface area contributed by atoms with Gasteiger partial charge in [-0.1, -0.05) is 51.4 Å². The molecular formula is C18H16BrNO3. The molecule has 0 amide bonds.